The molecule has 2 aliphatic rings. The summed E-state index contributed by atoms with van der Waals surface area (Å²) < 4.78 is 20.1. The fraction of sp³-hybridized carbons (Fsp3) is 0.537. The van der Waals surface area contributed by atoms with Gasteiger partial charge >= 0.3 is 5.97 Å². The summed E-state index contributed by atoms with van der Waals surface area (Å²) in [6, 6.07) is 8.54. The molecular formula is C41H54N6O11. The molecular weight excluding hydrogens is 752 g/mol. The molecule has 17 nitrogen and oxygen atoms in total. The number of aliphatic hydroxyl groups excluding tert-OH is 3. The normalized spacial score (nSPS) is 15.7. The average Bonchev–Trinajstić information content (AvgIpc) is 3.84. The second-order valence-corrected chi connectivity index (χ2v) is 14.6. The van der Waals surface area contributed by atoms with Gasteiger partial charge in [-0.3, -0.25) is 28.3 Å². The molecule has 0 spiro atoms. The number of aliphatic imine (C=N–C) groups is 2. The Hall–Kier alpha value is -5.07. The summed E-state index contributed by atoms with van der Waals surface area (Å²) >= 11 is 0. The Labute approximate surface area is 337 Å². The Morgan fingerprint density at radius 3 is 1.55 bits per heavy atom. The number of rotatable bonds is 20. The van der Waals surface area contributed by atoms with Crippen LogP contribution in [0.3, 0.4) is 0 Å². The third-order valence-corrected chi connectivity index (χ3v) is 9.53. The van der Waals surface area contributed by atoms with Crippen molar-refractivity contribution in [3.8, 4) is 0 Å². The number of fused-ring (bicyclic) bond motifs is 2. The van der Waals surface area contributed by atoms with E-state index in [1.807, 2.05) is 13.8 Å². The summed E-state index contributed by atoms with van der Waals surface area (Å²) in [5, 5.41) is 28.6. The lowest BCUT2D eigenvalue weighted by atomic mass is 9.98. The van der Waals surface area contributed by atoms with Crippen LogP contribution in [0.2, 0.25) is 0 Å². The highest BCUT2D eigenvalue weighted by molar-refractivity contribution is 6.19. The first-order chi connectivity index (χ1) is 27.7. The van der Waals surface area contributed by atoms with Crippen LogP contribution >= 0.6 is 0 Å². The number of hydrogen-bond donors (Lipinski definition) is 3. The van der Waals surface area contributed by atoms with Crippen LogP contribution in [0, 0.1) is 11.8 Å². The Balaban J connectivity index is 0.000000267. The molecule has 314 valence electrons. The van der Waals surface area contributed by atoms with Crippen LogP contribution in [0.1, 0.15) is 124 Å². The number of ether oxygens (including phenoxy) is 3. The van der Waals surface area contributed by atoms with Crippen LogP contribution in [0.15, 0.2) is 53.0 Å². The molecule has 3 aromatic rings. The van der Waals surface area contributed by atoms with E-state index in [0.29, 0.717) is 29.8 Å². The molecule has 1 aromatic carbocycles. The van der Waals surface area contributed by atoms with Crippen molar-refractivity contribution < 1.29 is 53.5 Å². The molecule has 0 fully saturated rings. The summed E-state index contributed by atoms with van der Waals surface area (Å²) in [6.07, 6.45) is 1.54. The minimum Gasteiger partial charge on any atom is -0.457 e. The molecule has 0 amide bonds. The monoisotopic (exact) mass is 806 g/mol. The quantitative estimate of drug-likeness (QED) is 0.131. The van der Waals surface area contributed by atoms with Gasteiger partial charge in [-0.15, -0.1) is 0 Å². The van der Waals surface area contributed by atoms with E-state index in [4.69, 9.17) is 14.2 Å². The van der Waals surface area contributed by atoms with Gasteiger partial charge in [0.05, 0.1) is 63.1 Å². The lowest BCUT2D eigenvalue weighted by molar-refractivity contribution is -0.121. The number of imidazole rings is 2. The van der Waals surface area contributed by atoms with Gasteiger partial charge in [0.15, 0.2) is 47.0 Å². The van der Waals surface area contributed by atoms with Gasteiger partial charge in [-0.25, -0.2) is 24.7 Å². The molecule has 0 aliphatic carbocycles. The van der Waals surface area contributed by atoms with Gasteiger partial charge < -0.3 is 29.5 Å². The fourth-order valence-electron chi connectivity index (χ4n) is 5.84. The highest BCUT2D eigenvalue weighted by Gasteiger charge is 2.32. The Morgan fingerprint density at radius 1 is 0.690 bits per heavy atom. The van der Waals surface area contributed by atoms with Crippen LogP contribution in [-0.4, -0.2) is 114 Å². The molecule has 2 aliphatic heterocycles. The van der Waals surface area contributed by atoms with Gasteiger partial charge in [0.25, 0.3) is 0 Å². The molecule has 0 saturated carbocycles. The number of hydrogen-bond acceptors (Lipinski definition) is 15. The van der Waals surface area contributed by atoms with Gasteiger partial charge in [0.1, 0.15) is 18.2 Å². The van der Waals surface area contributed by atoms with Crippen LogP contribution < -0.4 is 0 Å². The molecule has 0 saturated heterocycles. The number of Topliss-reactive ketones (excluding diaryl/α,β-unsaturated/α-hetero) is 4. The first-order valence-corrected chi connectivity index (χ1v) is 19.5. The molecule has 4 heterocycles. The zero-order valence-corrected chi connectivity index (χ0v) is 33.9. The SMILES string of the molecule is CC[C@H](CO)O[C@H](CO)n1cnc2c1N=C(CC(=O)C(C)C)CC2=O.CC[C@H](CO)O[C@H](COC(=O)c1ccccc1)n1cnc2c1N=C(CC(=O)C(C)C)CC2=O. The smallest absolute Gasteiger partial charge is 0.338 e. The standard InChI is InChI=1S/C24H29N3O6.C17H25N3O5/c1-4-18(12-28)33-21(13-32-24(31)16-8-6-5-7-9-16)27-14-25-22-20(30)11-17(26-23(22)27)10-19(29)15(2)3;1-4-12(7-21)25-15(8-22)20-9-18-16-14(24)6-11(19-17(16)20)5-13(23)10(2)3/h5-9,14-15,18,21,28H,4,10-13H2,1-3H3;9-10,12,15,21-22H,4-8H2,1-3H3/t18-,21-;12-,15-/m11/s1. The topological polar surface area (TPSA) is 234 Å². The number of carbonyl (C=O) groups is 5. The Bertz CT molecular complexity index is 1960. The van der Waals surface area contributed by atoms with Gasteiger partial charge in [0.2, 0.25) is 0 Å². The number of ketones is 4. The van der Waals surface area contributed by atoms with Crippen LogP contribution in [0.5, 0.6) is 0 Å². The summed E-state index contributed by atoms with van der Waals surface area (Å²) in [7, 11) is 0. The summed E-state index contributed by atoms with van der Waals surface area (Å²) in [4.78, 5) is 78.8. The second-order valence-electron chi connectivity index (χ2n) is 14.6. The number of esters is 1. The predicted molar refractivity (Wildman–Crippen MR) is 212 cm³/mol. The van der Waals surface area contributed by atoms with Crippen molar-refractivity contribution >= 4 is 52.2 Å². The van der Waals surface area contributed by atoms with Crippen molar-refractivity contribution in [3.63, 3.8) is 0 Å². The third kappa shape index (κ3) is 11.8. The summed E-state index contributed by atoms with van der Waals surface area (Å²) in [6.45, 7) is 9.97. The molecule has 3 N–H and O–H groups in total. The first kappa shape index (κ1) is 45.6. The molecule has 58 heavy (non-hydrogen) atoms. The van der Waals surface area contributed by atoms with E-state index in [1.165, 1.54) is 21.8 Å². The zero-order valence-electron chi connectivity index (χ0n) is 33.9. The lowest BCUT2D eigenvalue weighted by Crippen LogP contribution is -2.28. The minimum atomic E-state index is -0.872. The van der Waals surface area contributed by atoms with Crippen molar-refractivity contribution in [2.45, 2.75) is 105 Å². The predicted octanol–water partition coefficient (Wildman–Crippen LogP) is 4.74. The lowest BCUT2D eigenvalue weighted by Gasteiger charge is -2.25. The van der Waals surface area contributed by atoms with Crippen LogP contribution in [0.4, 0.5) is 11.6 Å². The maximum absolute atomic E-state index is 12.6. The van der Waals surface area contributed by atoms with E-state index in [1.54, 1.807) is 58.0 Å². The second kappa shape index (κ2) is 21.6. The largest absolute Gasteiger partial charge is 0.457 e. The molecule has 0 unspecified atom stereocenters. The third-order valence-electron chi connectivity index (χ3n) is 9.53. The van der Waals surface area contributed by atoms with Gasteiger partial charge in [-0.05, 0) is 25.0 Å². The number of carbonyl (C=O) groups excluding carboxylic acids is 5. The minimum absolute atomic E-state index is 0.00742. The molecule has 0 bridgehead atoms. The van der Waals surface area contributed by atoms with E-state index in [-0.39, 0.29) is 110 Å². The molecule has 4 atom stereocenters. The first-order valence-electron chi connectivity index (χ1n) is 19.5. The zero-order chi connectivity index (χ0) is 42.5. The number of aromatic nitrogens is 4. The van der Waals surface area contributed by atoms with Crippen LogP contribution in [0.25, 0.3) is 0 Å². The van der Waals surface area contributed by atoms with Crippen molar-refractivity contribution in [3.05, 3.63) is 59.9 Å². The van der Waals surface area contributed by atoms with E-state index in [0.717, 1.165) is 0 Å². The fourth-order valence-corrected chi connectivity index (χ4v) is 5.84. The van der Waals surface area contributed by atoms with E-state index < -0.39 is 30.6 Å². The maximum atomic E-state index is 12.6. The molecule has 2 aromatic heterocycles. The van der Waals surface area contributed by atoms with Gasteiger partial charge in [-0.2, -0.15) is 0 Å². The summed E-state index contributed by atoms with van der Waals surface area (Å²) in [5.41, 5.74) is 1.72. The number of benzene rings is 1. The average molecular weight is 807 g/mol. The van der Waals surface area contributed by atoms with Crippen molar-refractivity contribution in [2.24, 2.45) is 21.8 Å². The highest BCUT2D eigenvalue weighted by atomic mass is 16.6. The van der Waals surface area contributed by atoms with E-state index in [9.17, 15) is 39.3 Å². The summed E-state index contributed by atoms with van der Waals surface area (Å²) in [5.74, 6) is -0.723. The van der Waals surface area contributed by atoms with Crippen LogP contribution in [-0.2, 0) is 23.8 Å². The Morgan fingerprint density at radius 2 is 1.14 bits per heavy atom. The number of aliphatic hydroxyl groups is 3. The van der Waals surface area contributed by atoms with Gasteiger partial charge in [-0.1, -0.05) is 59.7 Å². The van der Waals surface area contributed by atoms with Gasteiger partial charge in [0, 0.05) is 36.1 Å². The Kier molecular flexibility index (Phi) is 17.0. The van der Waals surface area contributed by atoms with E-state index in [2.05, 4.69) is 20.0 Å². The highest BCUT2D eigenvalue weighted by Crippen LogP contribution is 2.32. The number of nitrogens with zero attached hydrogens (tertiary/aromatic N) is 6. The maximum Gasteiger partial charge on any atom is 0.338 e. The van der Waals surface area contributed by atoms with E-state index >= 15 is 0 Å². The molecule has 5 rings (SSSR count). The van der Waals surface area contributed by atoms with Crippen molar-refractivity contribution in [2.75, 3.05) is 26.4 Å². The molecule has 17 heteroatoms. The molecule has 0 radical (unpaired) electrons. The van der Waals surface area contributed by atoms with Crippen molar-refractivity contribution in [1.29, 1.82) is 0 Å². The van der Waals surface area contributed by atoms with Crippen molar-refractivity contribution in [1.82, 2.24) is 19.1 Å².